The Morgan fingerprint density at radius 3 is 2.25 bits per heavy atom. The fourth-order valence-electron chi connectivity index (χ4n) is 4.54. The van der Waals surface area contributed by atoms with Crippen LogP contribution in [0.15, 0.2) is 82.0 Å². The molecule has 1 aliphatic rings. The van der Waals surface area contributed by atoms with Crippen molar-refractivity contribution in [3.63, 3.8) is 0 Å². The third-order valence-electron chi connectivity index (χ3n) is 6.23. The molecule has 36 heavy (non-hydrogen) atoms. The Morgan fingerprint density at radius 2 is 1.61 bits per heavy atom. The highest BCUT2D eigenvalue weighted by atomic mass is 35.5. The van der Waals surface area contributed by atoms with E-state index in [2.05, 4.69) is 34.1 Å². The van der Waals surface area contributed by atoms with Gasteiger partial charge in [-0.3, -0.25) is 9.69 Å². The number of carbonyl (C=O) groups excluding carboxylic acids is 1. The van der Waals surface area contributed by atoms with Gasteiger partial charge in [0.1, 0.15) is 5.58 Å². The van der Waals surface area contributed by atoms with Crippen LogP contribution in [0, 0.1) is 0 Å². The van der Waals surface area contributed by atoms with Crippen molar-refractivity contribution in [1.29, 1.82) is 0 Å². The Balaban J connectivity index is 0.00000304. The normalized spacial score (nSPS) is 13.9. The van der Waals surface area contributed by atoms with Crippen LogP contribution in [0.2, 0.25) is 5.02 Å². The number of ether oxygens (including phenoxy) is 1. The van der Waals surface area contributed by atoms with E-state index in [9.17, 15) is 9.59 Å². The molecule has 186 valence electrons. The van der Waals surface area contributed by atoms with Gasteiger partial charge in [0.2, 0.25) is 5.75 Å². The highest BCUT2D eigenvalue weighted by Gasteiger charge is 2.22. The van der Waals surface area contributed by atoms with Crippen molar-refractivity contribution in [2.24, 2.45) is 0 Å². The molecule has 3 aromatic carbocycles. The maximum atomic E-state index is 12.7. The van der Waals surface area contributed by atoms with E-state index in [1.54, 1.807) is 6.07 Å². The number of benzene rings is 3. The highest BCUT2D eigenvalue weighted by Crippen LogP contribution is 2.37. The Bertz CT molecular complexity index is 1420. The second kappa shape index (κ2) is 11.2. The molecule has 6 nitrogen and oxygen atoms in total. The summed E-state index contributed by atoms with van der Waals surface area (Å²) in [6, 6.07) is 23.4. The standard InChI is InChI=1S/C28H25ClN2O4.ClH/c1-19(32)34-27-26(20-8-4-2-5-9-20)23-16-21(24(29)17-25(23)35-28(27)33)18-30-12-14-31(15-13-30)22-10-6-3-7-11-22;/h2-11,16-17H,12-15,18H2,1H3;1H. The van der Waals surface area contributed by atoms with E-state index in [0.717, 1.165) is 37.3 Å². The number of anilines is 1. The smallest absolute Gasteiger partial charge is 0.380 e. The van der Waals surface area contributed by atoms with Crippen molar-refractivity contribution >= 4 is 46.6 Å². The molecule has 1 aliphatic heterocycles. The SMILES string of the molecule is CC(=O)Oc1c(-c2ccccc2)c2cc(CN3CCN(c4ccccc4)CC3)c(Cl)cc2oc1=O.Cl. The number of piperazine rings is 1. The van der Waals surface area contributed by atoms with Gasteiger partial charge in [-0.05, 0) is 29.3 Å². The van der Waals surface area contributed by atoms with Gasteiger partial charge in [0.05, 0.1) is 0 Å². The van der Waals surface area contributed by atoms with Crippen molar-refractivity contribution in [1.82, 2.24) is 4.90 Å². The van der Waals surface area contributed by atoms with Crippen LogP contribution in [0.3, 0.4) is 0 Å². The minimum absolute atomic E-state index is 0. The lowest BCUT2D eigenvalue weighted by Crippen LogP contribution is -2.46. The van der Waals surface area contributed by atoms with Crippen molar-refractivity contribution in [3.8, 4) is 16.9 Å². The third kappa shape index (κ3) is 5.41. The largest absolute Gasteiger partial charge is 0.420 e. The van der Waals surface area contributed by atoms with Crippen LogP contribution in [0.4, 0.5) is 5.69 Å². The molecule has 0 unspecified atom stereocenters. The molecule has 0 bridgehead atoms. The number of nitrogens with zero attached hydrogens (tertiary/aromatic N) is 2. The van der Waals surface area contributed by atoms with Gasteiger partial charge in [0.25, 0.3) is 0 Å². The van der Waals surface area contributed by atoms with Crippen LogP contribution >= 0.6 is 24.0 Å². The Kier molecular flexibility index (Phi) is 7.99. The number of hydrogen-bond acceptors (Lipinski definition) is 6. The van der Waals surface area contributed by atoms with Crippen LogP contribution in [-0.4, -0.2) is 37.0 Å². The first-order valence-electron chi connectivity index (χ1n) is 11.5. The molecule has 0 aliphatic carbocycles. The molecule has 0 N–H and O–H groups in total. The number of esters is 1. The molecule has 0 saturated carbocycles. The predicted molar refractivity (Wildman–Crippen MR) is 145 cm³/mol. The zero-order valence-corrected chi connectivity index (χ0v) is 21.3. The molecule has 0 radical (unpaired) electrons. The van der Waals surface area contributed by atoms with E-state index in [-0.39, 0.29) is 18.2 Å². The monoisotopic (exact) mass is 524 g/mol. The van der Waals surface area contributed by atoms with E-state index in [4.69, 9.17) is 20.8 Å². The van der Waals surface area contributed by atoms with E-state index in [0.29, 0.717) is 28.1 Å². The third-order valence-corrected chi connectivity index (χ3v) is 6.58. The summed E-state index contributed by atoms with van der Waals surface area (Å²) in [4.78, 5) is 29.2. The number of rotatable bonds is 5. The van der Waals surface area contributed by atoms with Crippen LogP contribution in [0.5, 0.6) is 5.75 Å². The van der Waals surface area contributed by atoms with Gasteiger partial charge in [-0.25, -0.2) is 4.79 Å². The molecule has 1 saturated heterocycles. The number of para-hydroxylation sites is 1. The second-order valence-electron chi connectivity index (χ2n) is 8.59. The minimum atomic E-state index is -0.715. The molecule has 1 aromatic heterocycles. The molecule has 1 fully saturated rings. The predicted octanol–water partition coefficient (Wildman–Crippen LogP) is 5.78. The first-order chi connectivity index (χ1) is 17.0. The van der Waals surface area contributed by atoms with Crippen LogP contribution < -0.4 is 15.3 Å². The van der Waals surface area contributed by atoms with Gasteiger partial charge in [0.15, 0.2) is 0 Å². The quantitative estimate of drug-likeness (QED) is 0.243. The minimum Gasteiger partial charge on any atom is -0.420 e. The van der Waals surface area contributed by atoms with Crippen molar-refractivity contribution < 1.29 is 13.9 Å². The second-order valence-corrected chi connectivity index (χ2v) is 9.00. The lowest BCUT2D eigenvalue weighted by molar-refractivity contribution is -0.132. The fraction of sp³-hybridized carbons (Fsp3) is 0.214. The van der Waals surface area contributed by atoms with Crippen molar-refractivity contribution in [2.75, 3.05) is 31.1 Å². The fourth-order valence-corrected chi connectivity index (χ4v) is 4.76. The Hall–Kier alpha value is -3.32. The molecular weight excluding hydrogens is 499 g/mol. The van der Waals surface area contributed by atoms with Crippen molar-refractivity contribution in [3.05, 3.63) is 93.8 Å². The summed E-state index contributed by atoms with van der Waals surface area (Å²) in [5.41, 5.74) is 3.08. The lowest BCUT2D eigenvalue weighted by Gasteiger charge is -2.36. The van der Waals surface area contributed by atoms with Crippen LogP contribution in [-0.2, 0) is 11.3 Å². The zero-order valence-electron chi connectivity index (χ0n) is 19.8. The molecule has 5 rings (SSSR count). The van der Waals surface area contributed by atoms with E-state index in [1.807, 2.05) is 42.5 Å². The summed E-state index contributed by atoms with van der Waals surface area (Å²) in [6.07, 6.45) is 0. The maximum Gasteiger partial charge on any atom is 0.380 e. The van der Waals surface area contributed by atoms with Gasteiger partial charge >= 0.3 is 11.6 Å². The van der Waals surface area contributed by atoms with E-state index >= 15 is 0 Å². The number of hydrogen-bond donors (Lipinski definition) is 0. The summed E-state index contributed by atoms with van der Waals surface area (Å²) in [5, 5.41) is 1.21. The topological polar surface area (TPSA) is 63.0 Å². The number of carbonyl (C=O) groups is 1. The van der Waals surface area contributed by atoms with Gasteiger partial charge in [-0.15, -0.1) is 12.4 Å². The maximum absolute atomic E-state index is 12.7. The first kappa shape index (κ1) is 25.8. The molecule has 2 heterocycles. The van der Waals surface area contributed by atoms with Gasteiger partial charge in [0, 0.05) is 67.4 Å². The first-order valence-corrected chi connectivity index (χ1v) is 11.9. The van der Waals surface area contributed by atoms with Crippen LogP contribution in [0.1, 0.15) is 12.5 Å². The Labute approximate surface area is 220 Å². The highest BCUT2D eigenvalue weighted by molar-refractivity contribution is 6.32. The average molecular weight is 525 g/mol. The van der Waals surface area contributed by atoms with Gasteiger partial charge in [-0.2, -0.15) is 0 Å². The number of fused-ring (bicyclic) bond motifs is 1. The average Bonchev–Trinajstić information content (AvgIpc) is 2.87. The summed E-state index contributed by atoms with van der Waals surface area (Å²) in [5.74, 6) is -0.694. The molecule has 8 heteroatoms. The molecule has 0 spiro atoms. The molecular formula is C28H26Cl2N2O4. The molecule has 0 amide bonds. The summed E-state index contributed by atoms with van der Waals surface area (Å²) < 4.78 is 10.8. The summed E-state index contributed by atoms with van der Waals surface area (Å²) >= 11 is 6.64. The summed E-state index contributed by atoms with van der Waals surface area (Å²) in [7, 11) is 0. The van der Waals surface area contributed by atoms with Gasteiger partial charge < -0.3 is 14.1 Å². The van der Waals surface area contributed by atoms with Crippen LogP contribution in [0.25, 0.3) is 22.1 Å². The molecule has 0 atom stereocenters. The van der Waals surface area contributed by atoms with E-state index in [1.165, 1.54) is 12.6 Å². The zero-order chi connectivity index (χ0) is 24.4. The lowest BCUT2D eigenvalue weighted by atomic mass is 9.99. The van der Waals surface area contributed by atoms with Crippen molar-refractivity contribution in [2.45, 2.75) is 13.5 Å². The van der Waals surface area contributed by atoms with E-state index < -0.39 is 11.6 Å². The Morgan fingerprint density at radius 1 is 0.972 bits per heavy atom. The van der Waals surface area contributed by atoms with Gasteiger partial charge in [-0.1, -0.05) is 60.1 Å². The summed E-state index contributed by atoms with van der Waals surface area (Å²) in [6.45, 7) is 5.58. The number of halogens is 2. The molecule has 4 aromatic rings.